The maximum atomic E-state index is 12.2. The Morgan fingerprint density at radius 1 is 1.26 bits per heavy atom. The molecule has 0 aliphatic rings. The number of nitrogens with zero attached hydrogens (tertiary/aromatic N) is 2. The fourth-order valence-corrected chi connectivity index (χ4v) is 2.40. The number of hydrogen-bond acceptors (Lipinski definition) is 4. The molecular weight excluding hydrogens is 294 g/mol. The summed E-state index contributed by atoms with van der Waals surface area (Å²) in [6, 6.07) is 13.6. The number of carbonyl (C=O) groups excluding carboxylic acids is 1. The maximum absolute atomic E-state index is 12.2. The van der Waals surface area contributed by atoms with Gasteiger partial charge in [0.05, 0.1) is 40.5 Å². The van der Waals surface area contributed by atoms with E-state index in [9.17, 15) is 9.59 Å². The number of aromatic nitrogens is 2. The second kappa shape index (κ2) is 5.81. The van der Waals surface area contributed by atoms with Crippen molar-refractivity contribution in [1.29, 1.82) is 5.26 Å². The van der Waals surface area contributed by atoms with Crippen LogP contribution < -0.4 is 5.69 Å². The number of carbonyl (C=O) groups is 1. The highest BCUT2D eigenvalue weighted by Gasteiger charge is 2.11. The van der Waals surface area contributed by atoms with E-state index >= 15 is 0 Å². The number of fused-ring (bicyclic) bond motifs is 1. The van der Waals surface area contributed by atoms with E-state index in [1.807, 2.05) is 6.07 Å². The number of aromatic amines is 1. The van der Waals surface area contributed by atoms with Crippen LogP contribution >= 0.6 is 0 Å². The fourth-order valence-electron chi connectivity index (χ4n) is 2.40. The van der Waals surface area contributed by atoms with Gasteiger partial charge in [-0.05, 0) is 49.4 Å². The van der Waals surface area contributed by atoms with Crippen molar-refractivity contribution >= 4 is 17.0 Å². The summed E-state index contributed by atoms with van der Waals surface area (Å²) >= 11 is 0. The quantitative estimate of drug-likeness (QED) is 0.752. The number of H-pyrrole nitrogens is 1. The third-order valence-electron chi connectivity index (χ3n) is 3.45. The Labute approximate surface area is 131 Å². The predicted molar refractivity (Wildman–Crippen MR) is 84.6 cm³/mol. The number of nitriles is 1. The molecule has 0 aliphatic carbocycles. The molecule has 114 valence electrons. The van der Waals surface area contributed by atoms with E-state index in [1.165, 1.54) is 4.57 Å². The number of ether oxygens (including phenoxy) is 1. The van der Waals surface area contributed by atoms with Crippen LogP contribution in [-0.4, -0.2) is 22.1 Å². The van der Waals surface area contributed by atoms with Gasteiger partial charge in [0, 0.05) is 0 Å². The van der Waals surface area contributed by atoms with Crippen LogP contribution in [0.2, 0.25) is 0 Å². The predicted octanol–water partition coefficient (Wildman–Crippen LogP) is 2.37. The molecule has 0 saturated carbocycles. The second-order valence-electron chi connectivity index (χ2n) is 4.88. The lowest BCUT2D eigenvalue weighted by atomic mass is 10.2. The van der Waals surface area contributed by atoms with Gasteiger partial charge in [-0.25, -0.2) is 9.59 Å². The van der Waals surface area contributed by atoms with Crippen LogP contribution in [-0.2, 0) is 4.74 Å². The standard InChI is InChI=1S/C17H13N3O3/c1-2-23-16(21)12-4-6-13(7-5-12)20-15-8-3-11(10-18)9-14(15)19-17(20)22/h3-9H,2H2,1H3,(H,19,22). The average molecular weight is 307 g/mol. The Hall–Kier alpha value is -3.33. The lowest BCUT2D eigenvalue weighted by Crippen LogP contribution is -2.14. The van der Waals surface area contributed by atoms with E-state index in [0.29, 0.717) is 34.5 Å². The molecule has 3 aromatic rings. The van der Waals surface area contributed by atoms with Crippen molar-refractivity contribution in [2.45, 2.75) is 6.92 Å². The number of esters is 1. The number of benzene rings is 2. The summed E-state index contributed by atoms with van der Waals surface area (Å²) in [7, 11) is 0. The zero-order valence-corrected chi connectivity index (χ0v) is 12.4. The molecule has 23 heavy (non-hydrogen) atoms. The normalized spacial score (nSPS) is 10.4. The molecule has 0 bridgehead atoms. The fraction of sp³-hybridized carbons (Fsp3) is 0.118. The van der Waals surface area contributed by atoms with E-state index < -0.39 is 5.97 Å². The molecule has 6 heteroatoms. The van der Waals surface area contributed by atoms with Crippen LogP contribution in [0.1, 0.15) is 22.8 Å². The highest BCUT2D eigenvalue weighted by Crippen LogP contribution is 2.17. The summed E-state index contributed by atoms with van der Waals surface area (Å²) in [6.45, 7) is 2.05. The van der Waals surface area contributed by atoms with E-state index in [4.69, 9.17) is 10.00 Å². The van der Waals surface area contributed by atoms with Gasteiger partial charge < -0.3 is 9.72 Å². The van der Waals surface area contributed by atoms with Gasteiger partial charge >= 0.3 is 11.7 Å². The van der Waals surface area contributed by atoms with Crippen molar-refractivity contribution in [2.24, 2.45) is 0 Å². The molecule has 0 atom stereocenters. The maximum Gasteiger partial charge on any atom is 0.338 e. The van der Waals surface area contributed by atoms with Crippen LogP contribution in [0.25, 0.3) is 16.7 Å². The summed E-state index contributed by atoms with van der Waals surface area (Å²) in [5.41, 5.74) is 2.47. The molecule has 0 radical (unpaired) electrons. The largest absolute Gasteiger partial charge is 0.462 e. The lowest BCUT2D eigenvalue weighted by molar-refractivity contribution is 0.0526. The van der Waals surface area contributed by atoms with Crippen molar-refractivity contribution in [3.8, 4) is 11.8 Å². The molecule has 0 spiro atoms. The van der Waals surface area contributed by atoms with Crippen molar-refractivity contribution in [1.82, 2.24) is 9.55 Å². The van der Waals surface area contributed by atoms with Crippen molar-refractivity contribution in [3.05, 3.63) is 64.1 Å². The van der Waals surface area contributed by atoms with Crippen LogP contribution in [0.4, 0.5) is 0 Å². The summed E-state index contributed by atoms with van der Waals surface area (Å²) in [6.07, 6.45) is 0. The molecule has 0 saturated heterocycles. The summed E-state index contributed by atoms with van der Waals surface area (Å²) < 4.78 is 6.43. The van der Waals surface area contributed by atoms with Crippen LogP contribution in [0, 0.1) is 11.3 Å². The third kappa shape index (κ3) is 2.60. The van der Waals surface area contributed by atoms with Crippen LogP contribution in [0.15, 0.2) is 47.3 Å². The number of nitrogens with one attached hydrogen (secondary N) is 1. The molecule has 1 aromatic heterocycles. The summed E-state index contributed by atoms with van der Waals surface area (Å²) in [5.74, 6) is -0.399. The van der Waals surface area contributed by atoms with Gasteiger partial charge in [-0.3, -0.25) is 4.57 Å². The molecule has 0 fully saturated rings. The molecule has 6 nitrogen and oxygen atoms in total. The highest BCUT2D eigenvalue weighted by molar-refractivity contribution is 5.89. The second-order valence-corrected chi connectivity index (χ2v) is 4.88. The Balaban J connectivity index is 2.07. The first-order chi connectivity index (χ1) is 11.1. The highest BCUT2D eigenvalue weighted by atomic mass is 16.5. The monoisotopic (exact) mass is 307 g/mol. The average Bonchev–Trinajstić information content (AvgIpc) is 2.90. The first-order valence-corrected chi connectivity index (χ1v) is 7.06. The molecule has 0 unspecified atom stereocenters. The number of imidazole rings is 1. The molecular formula is C17H13N3O3. The van der Waals surface area contributed by atoms with E-state index in [2.05, 4.69) is 4.98 Å². The van der Waals surface area contributed by atoms with Gasteiger partial charge in [-0.15, -0.1) is 0 Å². The van der Waals surface area contributed by atoms with Gasteiger partial charge in [0.25, 0.3) is 0 Å². The van der Waals surface area contributed by atoms with E-state index in [0.717, 1.165) is 0 Å². The van der Waals surface area contributed by atoms with Crippen molar-refractivity contribution in [2.75, 3.05) is 6.61 Å². The molecule has 0 aliphatic heterocycles. The van der Waals surface area contributed by atoms with Crippen LogP contribution in [0.3, 0.4) is 0 Å². The van der Waals surface area contributed by atoms with Gasteiger partial charge in [0.1, 0.15) is 0 Å². The SMILES string of the molecule is CCOC(=O)c1ccc(-n2c(=O)[nH]c3cc(C#N)ccc32)cc1. The molecule has 1 N–H and O–H groups in total. The van der Waals surface area contributed by atoms with Crippen molar-refractivity contribution < 1.29 is 9.53 Å². The smallest absolute Gasteiger partial charge is 0.338 e. The zero-order valence-electron chi connectivity index (χ0n) is 12.4. The van der Waals surface area contributed by atoms with E-state index in [-0.39, 0.29) is 5.69 Å². The Bertz CT molecular complexity index is 975. The Morgan fingerprint density at radius 2 is 2.00 bits per heavy atom. The minimum Gasteiger partial charge on any atom is -0.462 e. The topological polar surface area (TPSA) is 87.9 Å². The zero-order chi connectivity index (χ0) is 16.4. The minimum atomic E-state index is -0.399. The first kappa shape index (κ1) is 14.6. The molecule has 3 rings (SSSR count). The van der Waals surface area contributed by atoms with Gasteiger partial charge in [-0.1, -0.05) is 0 Å². The van der Waals surface area contributed by atoms with Gasteiger partial charge in [-0.2, -0.15) is 5.26 Å². The number of rotatable bonds is 3. The molecule has 1 heterocycles. The summed E-state index contributed by atoms with van der Waals surface area (Å²) in [5, 5.41) is 8.92. The van der Waals surface area contributed by atoms with Gasteiger partial charge in [0.15, 0.2) is 0 Å². The Kier molecular flexibility index (Phi) is 3.69. The molecule has 0 amide bonds. The third-order valence-corrected chi connectivity index (χ3v) is 3.45. The first-order valence-electron chi connectivity index (χ1n) is 7.06. The molecule has 2 aromatic carbocycles. The lowest BCUT2D eigenvalue weighted by Gasteiger charge is -2.05. The minimum absolute atomic E-state index is 0.307. The van der Waals surface area contributed by atoms with Crippen LogP contribution in [0.5, 0.6) is 0 Å². The Morgan fingerprint density at radius 3 is 2.65 bits per heavy atom. The van der Waals surface area contributed by atoms with E-state index in [1.54, 1.807) is 49.4 Å². The van der Waals surface area contributed by atoms with Crippen molar-refractivity contribution in [3.63, 3.8) is 0 Å². The van der Waals surface area contributed by atoms with Gasteiger partial charge in [0.2, 0.25) is 0 Å². The summed E-state index contributed by atoms with van der Waals surface area (Å²) in [4.78, 5) is 26.6. The number of hydrogen-bond donors (Lipinski definition) is 1.